The number of nitro groups is 1. The molecule has 2 aromatic carbocycles. The zero-order valence-electron chi connectivity index (χ0n) is 15.6. The highest BCUT2D eigenvalue weighted by Gasteiger charge is 2.23. The molecule has 0 unspecified atom stereocenters. The molecule has 0 aromatic heterocycles. The van der Waals surface area contributed by atoms with Gasteiger partial charge in [0.2, 0.25) is 5.91 Å². The summed E-state index contributed by atoms with van der Waals surface area (Å²) >= 11 is 12.2. The fraction of sp³-hybridized carbons (Fsp3) is 0.316. The second kappa shape index (κ2) is 9.41. The summed E-state index contributed by atoms with van der Waals surface area (Å²) in [5.41, 5.74) is 1.55. The quantitative estimate of drug-likeness (QED) is 0.512. The van der Waals surface area contributed by atoms with Gasteiger partial charge in [0.25, 0.3) is 5.69 Å². The van der Waals surface area contributed by atoms with Crippen LogP contribution < -0.4 is 10.1 Å². The van der Waals surface area contributed by atoms with Crippen LogP contribution in [0.2, 0.25) is 10.0 Å². The SMILES string of the molecule is CCN(CC(=O)Nc1c(Cl)cccc1Cl)Cc1cc([N+](=O)[O-])cc2c1OCOC2. The predicted molar refractivity (Wildman–Crippen MR) is 109 cm³/mol. The number of hydrogen-bond donors (Lipinski definition) is 1. The summed E-state index contributed by atoms with van der Waals surface area (Å²) in [6.45, 7) is 3.09. The van der Waals surface area contributed by atoms with Crippen molar-refractivity contribution in [2.45, 2.75) is 20.1 Å². The third kappa shape index (κ3) is 5.16. The fourth-order valence-corrected chi connectivity index (χ4v) is 3.52. The fourth-order valence-electron chi connectivity index (χ4n) is 3.02. The molecule has 1 heterocycles. The molecule has 2 aromatic rings. The number of rotatable bonds is 7. The van der Waals surface area contributed by atoms with Crippen LogP contribution in [-0.4, -0.2) is 35.6 Å². The van der Waals surface area contributed by atoms with Crippen LogP contribution >= 0.6 is 23.2 Å². The highest BCUT2D eigenvalue weighted by atomic mass is 35.5. The molecule has 0 saturated heterocycles. The van der Waals surface area contributed by atoms with Gasteiger partial charge in [0.1, 0.15) is 5.75 Å². The minimum absolute atomic E-state index is 0.0452. The van der Waals surface area contributed by atoms with Crippen molar-refractivity contribution in [3.05, 3.63) is 61.6 Å². The Balaban J connectivity index is 1.77. The molecule has 3 rings (SSSR count). The standard InChI is InChI=1S/C19H19Cl2N3O5/c1-2-23(9-17(25)22-18-15(20)4-3-5-16(18)21)8-12-6-14(24(26)27)7-13-10-28-11-29-19(12)13/h3-7H,2,8-11H2,1H3,(H,22,25). The number of nitrogens with zero attached hydrogens (tertiary/aromatic N) is 2. The molecule has 1 aliphatic rings. The van der Waals surface area contributed by atoms with Gasteiger partial charge in [0.05, 0.1) is 33.8 Å². The summed E-state index contributed by atoms with van der Waals surface area (Å²) in [5, 5.41) is 14.7. The van der Waals surface area contributed by atoms with Crippen LogP contribution in [0.25, 0.3) is 0 Å². The molecule has 0 fully saturated rings. The molecule has 0 spiro atoms. The summed E-state index contributed by atoms with van der Waals surface area (Å²) in [4.78, 5) is 25.1. The normalized spacial score (nSPS) is 13.0. The zero-order valence-corrected chi connectivity index (χ0v) is 17.1. The van der Waals surface area contributed by atoms with E-state index in [0.29, 0.717) is 45.7 Å². The summed E-state index contributed by atoms with van der Waals surface area (Å²) in [7, 11) is 0. The molecule has 0 radical (unpaired) electrons. The van der Waals surface area contributed by atoms with E-state index in [4.69, 9.17) is 32.7 Å². The summed E-state index contributed by atoms with van der Waals surface area (Å²) in [5.74, 6) is 0.264. The average Bonchev–Trinajstić information content (AvgIpc) is 2.70. The third-order valence-corrected chi connectivity index (χ3v) is 5.05. The minimum atomic E-state index is -0.458. The molecular weight excluding hydrogens is 421 g/mol. The predicted octanol–water partition coefficient (Wildman–Crippen LogP) is 4.23. The van der Waals surface area contributed by atoms with Crippen LogP contribution in [0, 0.1) is 10.1 Å². The van der Waals surface area contributed by atoms with Crippen LogP contribution in [0.5, 0.6) is 5.75 Å². The van der Waals surface area contributed by atoms with Crippen LogP contribution in [0.3, 0.4) is 0 Å². The second-order valence-electron chi connectivity index (χ2n) is 6.41. The van der Waals surface area contributed by atoms with Crippen molar-refractivity contribution in [3.8, 4) is 5.75 Å². The first kappa shape index (κ1) is 21.3. The Bertz CT molecular complexity index is 918. The maximum atomic E-state index is 12.5. The van der Waals surface area contributed by atoms with Gasteiger partial charge in [-0.2, -0.15) is 0 Å². The van der Waals surface area contributed by atoms with Gasteiger partial charge < -0.3 is 14.8 Å². The number of ether oxygens (including phenoxy) is 2. The van der Waals surface area contributed by atoms with E-state index < -0.39 is 4.92 Å². The number of likely N-dealkylation sites (N-methyl/N-ethyl adjacent to an activating group) is 1. The molecular formula is C19H19Cl2N3O5. The Labute approximate surface area is 177 Å². The Morgan fingerprint density at radius 1 is 1.31 bits per heavy atom. The highest BCUT2D eigenvalue weighted by molar-refractivity contribution is 6.39. The minimum Gasteiger partial charge on any atom is -0.467 e. The highest BCUT2D eigenvalue weighted by Crippen LogP contribution is 2.33. The van der Waals surface area contributed by atoms with Crippen LogP contribution in [0.1, 0.15) is 18.1 Å². The number of amides is 1. The van der Waals surface area contributed by atoms with Gasteiger partial charge in [0.15, 0.2) is 6.79 Å². The van der Waals surface area contributed by atoms with Gasteiger partial charge in [-0.15, -0.1) is 0 Å². The Morgan fingerprint density at radius 2 is 2.03 bits per heavy atom. The number of para-hydroxylation sites is 1. The van der Waals surface area contributed by atoms with Gasteiger partial charge in [-0.1, -0.05) is 36.2 Å². The number of benzene rings is 2. The van der Waals surface area contributed by atoms with Crippen molar-refractivity contribution in [1.82, 2.24) is 4.90 Å². The summed E-state index contributed by atoms with van der Waals surface area (Å²) in [6.07, 6.45) is 0. The van der Waals surface area contributed by atoms with Crippen molar-refractivity contribution in [2.75, 3.05) is 25.2 Å². The lowest BCUT2D eigenvalue weighted by Crippen LogP contribution is -2.33. The van der Waals surface area contributed by atoms with Gasteiger partial charge in [-0.3, -0.25) is 19.8 Å². The topological polar surface area (TPSA) is 93.9 Å². The van der Waals surface area contributed by atoms with E-state index in [1.54, 1.807) is 18.2 Å². The van der Waals surface area contributed by atoms with Gasteiger partial charge in [-0.05, 0) is 18.7 Å². The molecule has 10 heteroatoms. The number of nitro benzene ring substituents is 1. The number of hydrogen-bond acceptors (Lipinski definition) is 6. The first-order valence-electron chi connectivity index (χ1n) is 8.86. The van der Waals surface area contributed by atoms with E-state index in [2.05, 4.69) is 5.32 Å². The molecule has 0 saturated carbocycles. The number of fused-ring (bicyclic) bond motifs is 1. The molecule has 0 aliphatic carbocycles. The lowest BCUT2D eigenvalue weighted by molar-refractivity contribution is -0.385. The van der Waals surface area contributed by atoms with E-state index in [0.717, 1.165) is 0 Å². The van der Waals surface area contributed by atoms with E-state index >= 15 is 0 Å². The molecule has 0 atom stereocenters. The van der Waals surface area contributed by atoms with E-state index in [-0.39, 0.29) is 31.5 Å². The van der Waals surface area contributed by atoms with E-state index in [1.165, 1.54) is 12.1 Å². The van der Waals surface area contributed by atoms with Crippen molar-refractivity contribution < 1.29 is 19.2 Å². The van der Waals surface area contributed by atoms with Gasteiger partial charge >= 0.3 is 0 Å². The van der Waals surface area contributed by atoms with Gasteiger partial charge in [0, 0.05) is 29.8 Å². The lowest BCUT2D eigenvalue weighted by atomic mass is 10.1. The van der Waals surface area contributed by atoms with E-state index in [9.17, 15) is 14.9 Å². The molecule has 154 valence electrons. The van der Waals surface area contributed by atoms with Crippen molar-refractivity contribution in [3.63, 3.8) is 0 Å². The molecule has 0 bridgehead atoms. The Hall–Kier alpha value is -2.39. The van der Waals surface area contributed by atoms with Crippen LogP contribution in [0.15, 0.2) is 30.3 Å². The molecule has 1 N–H and O–H groups in total. The maximum Gasteiger partial charge on any atom is 0.270 e. The van der Waals surface area contributed by atoms with Crippen molar-refractivity contribution in [1.29, 1.82) is 0 Å². The largest absolute Gasteiger partial charge is 0.467 e. The molecule has 1 aliphatic heterocycles. The van der Waals surface area contributed by atoms with E-state index in [1.807, 2.05) is 11.8 Å². The van der Waals surface area contributed by atoms with Gasteiger partial charge in [-0.25, -0.2) is 0 Å². The van der Waals surface area contributed by atoms with Crippen molar-refractivity contribution in [2.24, 2.45) is 0 Å². The zero-order chi connectivity index (χ0) is 21.0. The van der Waals surface area contributed by atoms with Crippen molar-refractivity contribution >= 4 is 40.5 Å². The number of carbonyl (C=O) groups excluding carboxylic acids is 1. The first-order valence-corrected chi connectivity index (χ1v) is 9.61. The smallest absolute Gasteiger partial charge is 0.270 e. The number of anilines is 1. The van der Waals surface area contributed by atoms with Crippen LogP contribution in [0.4, 0.5) is 11.4 Å². The van der Waals surface area contributed by atoms with Crippen LogP contribution in [-0.2, 0) is 22.7 Å². The molecule has 8 nitrogen and oxygen atoms in total. The summed E-state index contributed by atoms with van der Waals surface area (Å²) < 4.78 is 10.8. The summed E-state index contributed by atoms with van der Waals surface area (Å²) in [6, 6.07) is 7.87. The number of nitrogens with one attached hydrogen (secondary N) is 1. The second-order valence-corrected chi connectivity index (χ2v) is 7.22. The first-order chi connectivity index (χ1) is 13.9. The number of non-ortho nitro benzene ring substituents is 1. The Kier molecular flexibility index (Phi) is 6.92. The third-order valence-electron chi connectivity index (χ3n) is 4.42. The average molecular weight is 440 g/mol. The number of halogens is 2. The maximum absolute atomic E-state index is 12.5. The monoisotopic (exact) mass is 439 g/mol. The Morgan fingerprint density at radius 3 is 2.69 bits per heavy atom. The number of carbonyl (C=O) groups is 1. The molecule has 1 amide bonds. The molecule has 29 heavy (non-hydrogen) atoms. The lowest BCUT2D eigenvalue weighted by Gasteiger charge is -2.25.